The van der Waals surface area contributed by atoms with Crippen LogP contribution in [0.5, 0.6) is 0 Å². The van der Waals surface area contributed by atoms with Crippen molar-refractivity contribution < 1.29 is 0 Å². The summed E-state index contributed by atoms with van der Waals surface area (Å²) in [4.78, 5) is 6.47. The summed E-state index contributed by atoms with van der Waals surface area (Å²) in [5.74, 6) is 1.19. The molecule has 0 amide bonds. The van der Waals surface area contributed by atoms with Crippen LogP contribution in [0.4, 0.5) is 0 Å². The molecule has 2 heteroatoms. The number of aliphatic imine (C=N–C) groups is 1. The van der Waals surface area contributed by atoms with Crippen LogP contribution in [0.1, 0.15) is 26.7 Å². The summed E-state index contributed by atoms with van der Waals surface area (Å²) in [6.07, 6.45) is 6.47. The minimum absolute atomic E-state index is 0.590. The molecule has 0 spiro atoms. The number of hydrogen-bond acceptors (Lipinski definition) is 1. The van der Waals surface area contributed by atoms with Gasteiger partial charge in [-0.3, -0.25) is 4.99 Å². The molecule has 0 bridgehead atoms. The fourth-order valence-electron chi connectivity index (χ4n) is 1.27. The fraction of sp³-hybridized carbons (Fsp3) is 0.667. The largest absolute Gasteiger partial charge is 0.334 e. The van der Waals surface area contributed by atoms with E-state index in [4.69, 9.17) is 0 Å². The van der Waals surface area contributed by atoms with E-state index in [-0.39, 0.29) is 0 Å². The highest BCUT2D eigenvalue weighted by Gasteiger charge is 2.16. The van der Waals surface area contributed by atoms with Crippen molar-refractivity contribution in [1.29, 1.82) is 0 Å². The third-order valence-corrected chi connectivity index (χ3v) is 2.19. The molecule has 1 aliphatic rings. The molecule has 1 rings (SSSR count). The lowest BCUT2D eigenvalue weighted by molar-refractivity contribution is 0.421. The summed E-state index contributed by atoms with van der Waals surface area (Å²) >= 11 is 0. The molecule has 1 heterocycles. The van der Waals surface area contributed by atoms with Gasteiger partial charge in [0.2, 0.25) is 0 Å². The topological polar surface area (TPSA) is 15.6 Å². The lowest BCUT2D eigenvalue weighted by Crippen LogP contribution is -2.30. The molecule has 0 saturated heterocycles. The standard InChI is InChI=1S/C9H16N2/c1-4-8(2)11-7-5-6-9(11)10-3/h5,7-8H,4,6H2,1-3H3/b10-9-. The summed E-state index contributed by atoms with van der Waals surface area (Å²) in [7, 11) is 1.86. The zero-order valence-corrected chi connectivity index (χ0v) is 7.54. The van der Waals surface area contributed by atoms with Gasteiger partial charge in [-0.25, -0.2) is 0 Å². The van der Waals surface area contributed by atoms with Crippen LogP contribution in [0.15, 0.2) is 17.3 Å². The fourth-order valence-corrected chi connectivity index (χ4v) is 1.27. The van der Waals surface area contributed by atoms with Crippen molar-refractivity contribution in [2.24, 2.45) is 4.99 Å². The Hall–Kier alpha value is -0.790. The Balaban J connectivity index is 2.63. The van der Waals surface area contributed by atoms with Gasteiger partial charge in [0, 0.05) is 25.7 Å². The van der Waals surface area contributed by atoms with Crippen molar-refractivity contribution in [3.63, 3.8) is 0 Å². The lowest BCUT2D eigenvalue weighted by Gasteiger charge is -2.23. The molecule has 0 aliphatic carbocycles. The summed E-state index contributed by atoms with van der Waals surface area (Å²) < 4.78 is 0. The molecule has 0 radical (unpaired) electrons. The molecular formula is C9H16N2. The predicted molar refractivity (Wildman–Crippen MR) is 48.7 cm³/mol. The Morgan fingerprint density at radius 1 is 1.73 bits per heavy atom. The summed E-state index contributed by atoms with van der Waals surface area (Å²) in [5.41, 5.74) is 0. The quantitative estimate of drug-likeness (QED) is 0.591. The second kappa shape index (κ2) is 3.56. The number of nitrogens with zero attached hydrogens (tertiary/aromatic N) is 2. The summed E-state index contributed by atoms with van der Waals surface area (Å²) in [5, 5.41) is 0. The molecule has 2 nitrogen and oxygen atoms in total. The van der Waals surface area contributed by atoms with E-state index >= 15 is 0 Å². The van der Waals surface area contributed by atoms with Gasteiger partial charge in [0.1, 0.15) is 5.84 Å². The van der Waals surface area contributed by atoms with Crippen LogP contribution in [0, 0.1) is 0 Å². The lowest BCUT2D eigenvalue weighted by atomic mass is 10.2. The average molecular weight is 152 g/mol. The van der Waals surface area contributed by atoms with Gasteiger partial charge in [-0.05, 0) is 13.3 Å². The zero-order valence-electron chi connectivity index (χ0n) is 7.54. The molecule has 62 valence electrons. The van der Waals surface area contributed by atoms with Crippen molar-refractivity contribution in [3.8, 4) is 0 Å². The minimum atomic E-state index is 0.590. The molecule has 0 aromatic heterocycles. The maximum absolute atomic E-state index is 4.22. The van der Waals surface area contributed by atoms with E-state index in [0.29, 0.717) is 6.04 Å². The first kappa shape index (κ1) is 8.31. The van der Waals surface area contributed by atoms with Gasteiger partial charge in [0.25, 0.3) is 0 Å². The van der Waals surface area contributed by atoms with Crippen molar-refractivity contribution in [2.75, 3.05) is 7.05 Å². The predicted octanol–water partition coefficient (Wildman–Crippen LogP) is 2.03. The van der Waals surface area contributed by atoms with Crippen LogP contribution in [-0.4, -0.2) is 23.8 Å². The van der Waals surface area contributed by atoms with Gasteiger partial charge in [-0.15, -0.1) is 0 Å². The third kappa shape index (κ3) is 1.62. The van der Waals surface area contributed by atoms with Gasteiger partial charge in [-0.1, -0.05) is 13.0 Å². The third-order valence-electron chi connectivity index (χ3n) is 2.19. The van der Waals surface area contributed by atoms with Crippen LogP contribution >= 0.6 is 0 Å². The molecule has 0 aromatic rings. The monoisotopic (exact) mass is 152 g/mol. The SMILES string of the molecule is CCC(C)N1C=CC/C1=N/C. The highest BCUT2D eigenvalue weighted by molar-refractivity contribution is 5.86. The van der Waals surface area contributed by atoms with E-state index < -0.39 is 0 Å². The van der Waals surface area contributed by atoms with Gasteiger partial charge in [0.05, 0.1) is 0 Å². The Labute approximate surface area is 68.6 Å². The van der Waals surface area contributed by atoms with E-state index in [0.717, 1.165) is 6.42 Å². The summed E-state index contributed by atoms with van der Waals surface area (Å²) in [6.45, 7) is 4.42. The number of rotatable bonds is 2. The zero-order chi connectivity index (χ0) is 8.27. The molecule has 1 aliphatic heterocycles. The van der Waals surface area contributed by atoms with Crippen molar-refractivity contribution in [1.82, 2.24) is 4.90 Å². The van der Waals surface area contributed by atoms with Gasteiger partial charge in [0.15, 0.2) is 0 Å². The van der Waals surface area contributed by atoms with E-state index in [1.54, 1.807) is 0 Å². The number of amidine groups is 1. The molecule has 0 saturated carbocycles. The number of hydrogen-bond donors (Lipinski definition) is 0. The molecule has 0 N–H and O–H groups in total. The molecule has 1 unspecified atom stereocenters. The van der Waals surface area contributed by atoms with E-state index in [2.05, 4.69) is 36.0 Å². The molecule has 0 aromatic carbocycles. The summed E-state index contributed by atoms with van der Waals surface area (Å²) in [6, 6.07) is 0.590. The van der Waals surface area contributed by atoms with Gasteiger partial charge < -0.3 is 4.90 Å². The highest BCUT2D eigenvalue weighted by atomic mass is 15.2. The molecule has 1 atom stereocenters. The maximum Gasteiger partial charge on any atom is 0.107 e. The first-order valence-electron chi connectivity index (χ1n) is 4.20. The Morgan fingerprint density at radius 3 is 3.00 bits per heavy atom. The van der Waals surface area contributed by atoms with Crippen LogP contribution in [0.25, 0.3) is 0 Å². The van der Waals surface area contributed by atoms with E-state index in [1.807, 2.05) is 7.05 Å². The molecule has 0 fully saturated rings. The normalized spacial score (nSPS) is 23.2. The van der Waals surface area contributed by atoms with Crippen molar-refractivity contribution in [2.45, 2.75) is 32.7 Å². The van der Waals surface area contributed by atoms with E-state index in [1.165, 1.54) is 12.3 Å². The average Bonchev–Trinajstić information content (AvgIpc) is 2.50. The molecular weight excluding hydrogens is 136 g/mol. The van der Waals surface area contributed by atoms with Crippen molar-refractivity contribution in [3.05, 3.63) is 12.3 Å². The maximum atomic E-state index is 4.22. The second-order valence-electron chi connectivity index (χ2n) is 2.89. The Bertz CT molecular complexity index is 182. The smallest absolute Gasteiger partial charge is 0.107 e. The van der Waals surface area contributed by atoms with Crippen LogP contribution in [0.3, 0.4) is 0 Å². The van der Waals surface area contributed by atoms with E-state index in [9.17, 15) is 0 Å². The Kier molecular flexibility index (Phi) is 2.69. The Morgan fingerprint density at radius 2 is 2.45 bits per heavy atom. The molecule has 11 heavy (non-hydrogen) atoms. The second-order valence-corrected chi connectivity index (χ2v) is 2.89. The highest BCUT2D eigenvalue weighted by Crippen LogP contribution is 2.13. The van der Waals surface area contributed by atoms with Crippen molar-refractivity contribution >= 4 is 5.84 Å². The van der Waals surface area contributed by atoms with Crippen LogP contribution < -0.4 is 0 Å². The first-order valence-corrected chi connectivity index (χ1v) is 4.20. The minimum Gasteiger partial charge on any atom is -0.334 e. The van der Waals surface area contributed by atoms with Crippen LogP contribution in [0.2, 0.25) is 0 Å². The van der Waals surface area contributed by atoms with Crippen LogP contribution in [-0.2, 0) is 0 Å². The first-order chi connectivity index (χ1) is 5.29. The van der Waals surface area contributed by atoms with Gasteiger partial charge >= 0.3 is 0 Å². The van der Waals surface area contributed by atoms with Gasteiger partial charge in [-0.2, -0.15) is 0 Å².